The zero-order valence-electron chi connectivity index (χ0n) is 21.5. The molecule has 1 aliphatic heterocycles. The molecule has 1 saturated heterocycles. The quantitative estimate of drug-likeness (QED) is 0.204. The summed E-state index contributed by atoms with van der Waals surface area (Å²) >= 11 is 0. The number of rotatable bonds is 8. The van der Waals surface area contributed by atoms with Crippen LogP contribution in [0.3, 0.4) is 0 Å². The average molecular weight is 517 g/mol. The number of carbonyl (C=O) groups is 3. The number of benzene rings is 2. The number of likely N-dealkylation sites (tertiary alicyclic amines) is 1. The van der Waals surface area contributed by atoms with E-state index in [9.17, 15) is 19.5 Å². The minimum atomic E-state index is -0.902. The normalized spacial score (nSPS) is 16.6. The highest BCUT2D eigenvalue weighted by Gasteiger charge is 2.46. The predicted molar refractivity (Wildman–Crippen MR) is 139 cm³/mol. The van der Waals surface area contributed by atoms with Gasteiger partial charge in [0, 0.05) is 25.0 Å². The summed E-state index contributed by atoms with van der Waals surface area (Å²) in [5.41, 5.74) is 1.78. The molecule has 0 saturated carbocycles. The first-order chi connectivity index (χ1) is 18.2. The third-order valence-corrected chi connectivity index (χ3v) is 6.09. The van der Waals surface area contributed by atoms with Gasteiger partial charge < -0.3 is 24.2 Å². The lowest BCUT2D eigenvalue weighted by atomic mass is 9.95. The molecule has 0 radical (unpaired) electrons. The van der Waals surface area contributed by atoms with Crippen LogP contribution in [0, 0.1) is 0 Å². The van der Waals surface area contributed by atoms with Gasteiger partial charge in [-0.15, -0.1) is 0 Å². The molecule has 38 heavy (non-hydrogen) atoms. The van der Waals surface area contributed by atoms with Crippen molar-refractivity contribution in [2.45, 2.75) is 32.5 Å². The molecule has 196 valence electrons. The van der Waals surface area contributed by atoms with Crippen molar-refractivity contribution in [2.75, 3.05) is 14.2 Å². The second-order valence-corrected chi connectivity index (χ2v) is 8.93. The van der Waals surface area contributed by atoms with Crippen LogP contribution in [-0.2, 0) is 20.9 Å². The number of ether oxygens (including phenoxy) is 3. The largest absolute Gasteiger partial charge is 0.507 e. The van der Waals surface area contributed by atoms with Crippen molar-refractivity contribution in [3.8, 4) is 11.5 Å². The van der Waals surface area contributed by atoms with Gasteiger partial charge in [0.1, 0.15) is 17.3 Å². The van der Waals surface area contributed by atoms with Crippen LogP contribution in [0.15, 0.2) is 72.6 Å². The topological polar surface area (TPSA) is 115 Å². The molecule has 1 unspecified atom stereocenters. The SMILES string of the molecule is COc1ccc(/C(O)=C2/C(=O)C(=O)N(Cc3ccc(C(=O)OC(C)C)cc3)C2c2cccnc2)c(OC)c1. The van der Waals surface area contributed by atoms with Crippen LogP contribution in [0.4, 0.5) is 0 Å². The molecule has 4 rings (SSSR count). The average Bonchev–Trinajstić information content (AvgIpc) is 3.17. The fourth-order valence-electron chi connectivity index (χ4n) is 4.29. The fraction of sp³-hybridized carbons (Fsp3) is 0.241. The van der Waals surface area contributed by atoms with E-state index in [1.807, 2.05) is 0 Å². The molecule has 0 spiro atoms. The summed E-state index contributed by atoms with van der Waals surface area (Å²) in [7, 11) is 2.94. The van der Waals surface area contributed by atoms with E-state index in [1.54, 1.807) is 80.8 Å². The maximum Gasteiger partial charge on any atom is 0.338 e. The molecule has 1 N–H and O–H groups in total. The van der Waals surface area contributed by atoms with Crippen molar-refractivity contribution in [2.24, 2.45) is 0 Å². The number of amides is 1. The Labute approximate surface area is 220 Å². The number of hydrogen-bond acceptors (Lipinski definition) is 8. The first kappa shape index (κ1) is 26.4. The Hall–Kier alpha value is -4.66. The molecule has 9 heteroatoms. The first-order valence-corrected chi connectivity index (χ1v) is 12.0. The van der Waals surface area contributed by atoms with Crippen LogP contribution in [-0.4, -0.2) is 53.0 Å². The number of methoxy groups -OCH3 is 2. The highest BCUT2D eigenvalue weighted by Crippen LogP contribution is 2.42. The van der Waals surface area contributed by atoms with Gasteiger partial charge in [-0.1, -0.05) is 18.2 Å². The Balaban J connectivity index is 1.76. The van der Waals surface area contributed by atoms with Crippen LogP contribution in [0.5, 0.6) is 11.5 Å². The number of carbonyl (C=O) groups excluding carboxylic acids is 3. The zero-order valence-corrected chi connectivity index (χ0v) is 21.5. The second kappa shape index (κ2) is 11.2. The number of nitrogens with zero attached hydrogens (tertiary/aromatic N) is 2. The maximum atomic E-state index is 13.3. The molecular weight excluding hydrogens is 488 g/mol. The van der Waals surface area contributed by atoms with Gasteiger partial charge >= 0.3 is 5.97 Å². The van der Waals surface area contributed by atoms with Crippen molar-refractivity contribution in [3.63, 3.8) is 0 Å². The molecule has 1 aromatic heterocycles. The first-order valence-electron chi connectivity index (χ1n) is 12.0. The molecule has 3 aromatic rings. The van der Waals surface area contributed by atoms with E-state index < -0.39 is 23.7 Å². The van der Waals surface area contributed by atoms with E-state index in [0.29, 0.717) is 22.4 Å². The number of ketones is 1. The van der Waals surface area contributed by atoms with Crippen molar-refractivity contribution < 1.29 is 33.7 Å². The Morgan fingerprint density at radius 2 is 1.79 bits per heavy atom. The summed E-state index contributed by atoms with van der Waals surface area (Å²) in [5, 5.41) is 11.4. The van der Waals surface area contributed by atoms with Gasteiger partial charge in [-0.2, -0.15) is 0 Å². The van der Waals surface area contributed by atoms with Crippen molar-refractivity contribution in [1.82, 2.24) is 9.88 Å². The molecule has 1 fully saturated rings. The summed E-state index contributed by atoms with van der Waals surface area (Å²) in [6.45, 7) is 3.59. The van der Waals surface area contributed by atoms with Crippen LogP contribution < -0.4 is 9.47 Å². The second-order valence-electron chi connectivity index (χ2n) is 8.93. The van der Waals surface area contributed by atoms with Crippen molar-refractivity contribution >= 4 is 23.4 Å². The Morgan fingerprint density at radius 3 is 2.39 bits per heavy atom. The molecule has 2 heterocycles. The minimum absolute atomic E-state index is 0.0557. The lowest BCUT2D eigenvalue weighted by molar-refractivity contribution is -0.140. The van der Waals surface area contributed by atoms with Crippen LogP contribution in [0.1, 0.15) is 46.9 Å². The van der Waals surface area contributed by atoms with E-state index in [4.69, 9.17) is 14.2 Å². The summed E-state index contributed by atoms with van der Waals surface area (Å²) in [5.74, 6) is -1.63. The Kier molecular flexibility index (Phi) is 7.76. The molecule has 2 aromatic carbocycles. The zero-order chi connectivity index (χ0) is 27.4. The van der Waals surface area contributed by atoms with Gasteiger partial charge in [-0.3, -0.25) is 14.6 Å². The smallest absolute Gasteiger partial charge is 0.338 e. The van der Waals surface area contributed by atoms with Crippen LogP contribution in [0.2, 0.25) is 0 Å². The molecule has 1 atom stereocenters. The van der Waals surface area contributed by atoms with Gasteiger partial charge in [0.15, 0.2) is 0 Å². The highest BCUT2D eigenvalue weighted by atomic mass is 16.5. The third kappa shape index (κ3) is 5.22. The van der Waals surface area contributed by atoms with E-state index in [0.717, 1.165) is 0 Å². The lowest BCUT2D eigenvalue weighted by Crippen LogP contribution is -2.29. The predicted octanol–water partition coefficient (Wildman–Crippen LogP) is 4.29. The fourth-order valence-corrected chi connectivity index (χ4v) is 4.29. The summed E-state index contributed by atoms with van der Waals surface area (Å²) in [6.07, 6.45) is 2.88. The number of aromatic nitrogens is 1. The molecule has 9 nitrogen and oxygen atoms in total. The number of esters is 1. The van der Waals surface area contributed by atoms with E-state index in [-0.39, 0.29) is 35.3 Å². The Bertz CT molecular complexity index is 1380. The molecule has 0 bridgehead atoms. The monoisotopic (exact) mass is 516 g/mol. The van der Waals surface area contributed by atoms with Gasteiger partial charge in [0.2, 0.25) is 0 Å². The number of aliphatic hydroxyl groups excluding tert-OH is 1. The molecule has 1 aliphatic rings. The summed E-state index contributed by atoms with van der Waals surface area (Å²) in [6, 6.07) is 13.9. The van der Waals surface area contributed by atoms with Gasteiger partial charge in [0.05, 0.1) is 43.1 Å². The number of hydrogen-bond donors (Lipinski definition) is 1. The van der Waals surface area contributed by atoms with E-state index in [2.05, 4.69) is 4.98 Å². The van der Waals surface area contributed by atoms with E-state index in [1.165, 1.54) is 19.1 Å². The summed E-state index contributed by atoms with van der Waals surface area (Å²) in [4.78, 5) is 44.3. The highest BCUT2D eigenvalue weighted by molar-refractivity contribution is 6.46. The van der Waals surface area contributed by atoms with Gasteiger partial charge in [-0.05, 0) is 55.3 Å². The Morgan fingerprint density at radius 1 is 1.05 bits per heavy atom. The third-order valence-electron chi connectivity index (χ3n) is 6.09. The number of aliphatic hydroxyl groups is 1. The lowest BCUT2D eigenvalue weighted by Gasteiger charge is -2.25. The summed E-state index contributed by atoms with van der Waals surface area (Å²) < 4.78 is 15.9. The van der Waals surface area contributed by atoms with Crippen LogP contribution in [0.25, 0.3) is 5.76 Å². The molecular formula is C29H28N2O7. The van der Waals surface area contributed by atoms with Crippen molar-refractivity contribution in [3.05, 3.63) is 94.8 Å². The van der Waals surface area contributed by atoms with E-state index >= 15 is 0 Å². The van der Waals surface area contributed by atoms with Gasteiger partial charge in [0.25, 0.3) is 11.7 Å². The van der Waals surface area contributed by atoms with Gasteiger partial charge in [-0.25, -0.2) is 4.79 Å². The van der Waals surface area contributed by atoms with Crippen molar-refractivity contribution in [1.29, 1.82) is 0 Å². The number of pyridine rings is 1. The molecule has 0 aliphatic carbocycles. The standard InChI is InChI=1S/C29H28N2O7/c1-17(2)38-29(35)19-9-7-18(8-10-19)16-31-25(20-6-5-13-30-15-20)24(27(33)28(31)34)26(32)22-12-11-21(36-3)14-23(22)37-4/h5-15,17,25,32H,16H2,1-4H3/b26-24-. The molecule has 1 amide bonds. The maximum absolute atomic E-state index is 13.3. The minimum Gasteiger partial charge on any atom is -0.507 e. The van der Waals surface area contributed by atoms with Crippen LogP contribution >= 0.6 is 0 Å². The number of Topliss-reactive ketones (excluding diaryl/α,β-unsaturated/α-hetero) is 1.